The van der Waals surface area contributed by atoms with Crippen LogP contribution < -0.4 is 0 Å². The molecule has 0 fully saturated rings. The van der Waals surface area contributed by atoms with E-state index in [1.165, 1.54) is 22.3 Å². The molecule has 1 radical (unpaired) electrons. The van der Waals surface area contributed by atoms with E-state index in [1.807, 2.05) is 6.07 Å². The molecular weight excluding hydrogens is 168 g/mol. The zero-order valence-corrected chi connectivity index (χ0v) is 8.54. The van der Waals surface area contributed by atoms with Crippen LogP contribution in [0.1, 0.15) is 19.4 Å². The summed E-state index contributed by atoms with van der Waals surface area (Å²) in [6.07, 6.45) is 7.51. The van der Waals surface area contributed by atoms with Gasteiger partial charge in [-0.2, -0.15) is 0 Å². The van der Waals surface area contributed by atoms with Gasteiger partial charge < -0.3 is 0 Å². The second-order valence-electron chi connectivity index (χ2n) is 3.67. The Labute approximate surface area is 85.3 Å². The molecule has 0 saturated carbocycles. The van der Waals surface area contributed by atoms with E-state index in [0.717, 1.165) is 0 Å². The van der Waals surface area contributed by atoms with Crippen LogP contribution in [0.15, 0.2) is 53.6 Å². The van der Waals surface area contributed by atoms with Gasteiger partial charge in [-0.3, -0.25) is 0 Å². The molecule has 2 rings (SSSR count). The molecule has 0 aromatic heterocycles. The highest BCUT2D eigenvalue weighted by Crippen LogP contribution is 2.25. The van der Waals surface area contributed by atoms with Gasteiger partial charge in [0.15, 0.2) is 0 Å². The molecule has 0 N–H and O–H groups in total. The molecule has 0 amide bonds. The van der Waals surface area contributed by atoms with Gasteiger partial charge in [-0.25, -0.2) is 0 Å². The Kier molecular flexibility index (Phi) is 2.36. The van der Waals surface area contributed by atoms with E-state index < -0.39 is 0 Å². The Morgan fingerprint density at radius 1 is 1.07 bits per heavy atom. The van der Waals surface area contributed by atoms with Gasteiger partial charge in [0.1, 0.15) is 0 Å². The molecule has 0 heteroatoms. The fourth-order valence-electron chi connectivity index (χ4n) is 1.48. The van der Waals surface area contributed by atoms with Crippen molar-refractivity contribution in [3.8, 4) is 0 Å². The molecule has 0 atom stereocenters. The Hall–Kier alpha value is -1.56. The van der Waals surface area contributed by atoms with E-state index in [0.29, 0.717) is 0 Å². The van der Waals surface area contributed by atoms with Crippen LogP contribution in [0.2, 0.25) is 0 Å². The van der Waals surface area contributed by atoms with Crippen LogP contribution in [0.4, 0.5) is 0 Å². The molecule has 1 aromatic carbocycles. The first-order chi connectivity index (χ1) is 6.77. The lowest BCUT2D eigenvalue weighted by Gasteiger charge is -1.97. The molecule has 0 aliphatic heterocycles. The van der Waals surface area contributed by atoms with E-state index in [2.05, 4.69) is 56.3 Å². The lowest BCUT2D eigenvalue weighted by atomic mass is 10.1. The third-order valence-corrected chi connectivity index (χ3v) is 2.33. The standard InChI is InChI=1S/C14H13/c1-11(2)13-8-9-14(10-13)12-6-4-3-5-7-12/h3-7,9-10H,1-2H3. The van der Waals surface area contributed by atoms with Crippen LogP contribution in [0.3, 0.4) is 0 Å². The van der Waals surface area contributed by atoms with E-state index in [1.54, 1.807) is 0 Å². The summed E-state index contributed by atoms with van der Waals surface area (Å²) in [7, 11) is 0. The van der Waals surface area contributed by atoms with Crippen LogP contribution in [-0.4, -0.2) is 0 Å². The summed E-state index contributed by atoms with van der Waals surface area (Å²) in [6.45, 7) is 4.22. The minimum absolute atomic E-state index is 1.21. The molecule has 1 aliphatic rings. The maximum absolute atomic E-state index is 3.27. The van der Waals surface area contributed by atoms with Gasteiger partial charge in [-0.05, 0) is 48.8 Å². The van der Waals surface area contributed by atoms with E-state index in [9.17, 15) is 0 Å². The van der Waals surface area contributed by atoms with Crippen molar-refractivity contribution in [3.05, 3.63) is 65.3 Å². The van der Waals surface area contributed by atoms with E-state index >= 15 is 0 Å². The van der Waals surface area contributed by atoms with Gasteiger partial charge >= 0.3 is 0 Å². The first kappa shape index (κ1) is 9.01. The monoisotopic (exact) mass is 181 g/mol. The van der Waals surface area contributed by atoms with Gasteiger partial charge in [0.2, 0.25) is 0 Å². The largest absolute Gasteiger partial charge is 0.0685 e. The second-order valence-corrected chi connectivity index (χ2v) is 3.67. The zero-order chi connectivity index (χ0) is 9.97. The molecule has 0 spiro atoms. The maximum atomic E-state index is 3.27. The third-order valence-electron chi connectivity index (χ3n) is 2.33. The van der Waals surface area contributed by atoms with Crippen molar-refractivity contribution < 1.29 is 0 Å². The normalized spacial score (nSPS) is 14.4. The first-order valence-electron chi connectivity index (χ1n) is 4.82. The predicted molar refractivity (Wildman–Crippen MR) is 60.6 cm³/mol. The summed E-state index contributed by atoms with van der Waals surface area (Å²) in [5.74, 6) is 0. The summed E-state index contributed by atoms with van der Waals surface area (Å²) < 4.78 is 0. The zero-order valence-electron chi connectivity index (χ0n) is 8.54. The van der Waals surface area contributed by atoms with Crippen LogP contribution in [-0.2, 0) is 0 Å². The molecule has 1 aliphatic carbocycles. The highest BCUT2D eigenvalue weighted by molar-refractivity contribution is 5.80. The topological polar surface area (TPSA) is 0 Å². The number of rotatable bonds is 1. The summed E-state index contributed by atoms with van der Waals surface area (Å²) in [5, 5.41) is 0. The highest BCUT2D eigenvalue weighted by atomic mass is 14.1. The van der Waals surface area contributed by atoms with Crippen molar-refractivity contribution in [2.45, 2.75) is 13.8 Å². The molecule has 14 heavy (non-hydrogen) atoms. The van der Waals surface area contributed by atoms with Crippen LogP contribution >= 0.6 is 0 Å². The molecule has 69 valence electrons. The van der Waals surface area contributed by atoms with Gasteiger partial charge in [-0.1, -0.05) is 35.9 Å². The Morgan fingerprint density at radius 2 is 1.79 bits per heavy atom. The number of hydrogen-bond acceptors (Lipinski definition) is 0. The fraction of sp³-hybridized carbons (Fsp3) is 0.143. The maximum Gasteiger partial charge on any atom is -0.00995 e. The third kappa shape index (κ3) is 1.69. The summed E-state index contributed by atoms with van der Waals surface area (Å²) >= 11 is 0. The van der Waals surface area contributed by atoms with Gasteiger partial charge in [0, 0.05) is 0 Å². The first-order valence-corrected chi connectivity index (χ1v) is 4.82. The van der Waals surface area contributed by atoms with Gasteiger partial charge in [-0.15, -0.1) is 0 Å². The molecule has 0 unspecified atom stereocenters. The minimum Gasteiger partial charge on any atom is -0.0685 e. The van der Waals surface area contributed by atoms with Crippen LogP contribution in [0.5, 0.6) is 0 Å². The lowest BCUT2D eigenvalue weighted by molar-refractivity contribution is 1.34. The number of benzene rings is 1. The average molecular weight is 181 g/mol. The molecule has 0 saturated heterocycles. The predicted octanol–water partition coefficient (Wildman–Crippen LogP) is 3.78. The van der Waals surface area contributed by atoms with Crippen LogP contribution in [0.25, 0.3) is 5.57 Å². The molecule has 0 heterocycles. The Balaban J connectivity index is 2.38. The van der Waals surface area contributed by atoms with Crippen LogP contribution in [0, 0.1) is 6.08 Å². The van der Waals surface area contributed by atoms with Crippen molar-refractivity contribution >= 4 is 5.57 Å². The van der Waals surface area contributed by atoms with Crippen molar-refractivity contribution in [2.75, 3.05) is 0 Å². The molecular formula is C14H13. The van der Waals surface area contributed by atoms with Crippen molar-refractivity contribution in [1.82, 2.24) is 0 Å². The van der Waals surface area contributed by atoms with Crippen molar-refractivity contribution in [2.24, 2.45) is 0 Å². The Morgan fingerprint density at radius 3 is 2.36 bits per heavy atom. The average Bonchev–Trinajstić information content (AvgIpc) is 2.68. The summed E-state index contributed by atoms with van der Waals surface area (Å²) in [4.78, 5) is 0. The van der Waals surface area contributed by atoms with E-state index in [-0.39, 0.29) is 0 Å². The van der Waals surface area contributed by atoms with E-state index in [4.69, 9.17) is 0 Å². The molecule has 0 nitrogen and oxygen atoms in total. The smallest absolute Gasteiger partial charge is 0.00995 e. The molecule has 1 aromatic rings. The van der Waals surface area contributed by atoms with Crippen molar-refractivity contribution in [3.63, 3.8) is 0 Å². The van der Waals surface area contributed by atoms with Gasteiger partial charge in [0.25, 0.3) is 0 Å². The van der Waals surface area contributed by atoms with Gasteiger partial charge in [0.05, 0.1) is 0 Å². The summed E-state index contributed by atoms with van der Waals surface area (Å²) in [5.41, 5.74) is 5.04. The number of hydrogen-bond donors (Lipinski definition) is 0. The fourth-order valence-corrected chi connectivity index (χ4v) is 1.48. The lowest BCUT2D eigenvalue weighted by Crippen LogP contribution is -1.76. The minimum atomic E-state index is 1.21. The second kappa shape index (κ2) is 3.67. The number of allylic oxidation sites excluding steroid dienone is 6. The molecule has 0 bridgehead atoms. The quantitative estimate of drug-likeness (QED) is 0.618. The SMILES string of the molecule is CC(C)=C1[C]=CC(c2ccccc2)=C1. The summed E-state index contributed by atoms with van der Waals surface area (Å²) in [6, 6.07) is 10.4. The van der Waals surface area contributed by atoms with Crippen molar-refractivity contribution in [1.29, 1.82) is 0 Å². The Bertz CT molecular complexity index is 413. The highest BCUT2D eigenvalue weighted by Gasteiger charge is 2.05.